The van der Waals surface area contributed by atoms with Crippen molar-refractivity contribution in [2.75, 3.05) is 9.62 Å². The quantitative estimate of drug-likeness (QED) is 0.345. The average Bonchev–Trinajstić information content (AvgIpc) is 3.28. The normalized spacial score (nSPS) is 12.6. The van der Waals surface area contributed by atoms with E-state index in [9.17, 15) is 22.4 Å². The zero-order valence-electron chi connectivity index (χ0n) is 19.6. The number of anilines is 2. The second kappa shape index (κ2) is 10.5. The van der Waals surface area contributed by atoms with E-state index in [-0.39, 0.29) is 32.0 Å². The van der Waals surface area contributed by atoms with Crippen LogP contribution in [-0.2, 0) is 14.8 Å². The highest BCUT2D eigenvalue weighted by Crippen LogP contribution is 2.34. The van der Waals surface area contributed by atoms with Gasteiger partial charge < -0.3 is 10.1 Å². The number of ether oxygens (including phenoxy) is 1. The lowest BCUT2D eigenvalue weighted by Crippen LogP contribution is -2.41. The molecule has 1 heterocycles. The first-order chi connectivity index (χ1) is 16.7. The Labute approximate surface area is 215 Å². The van der Waals surface area contributed by atoms with E-state index in [1.807, 2.05) is 0 Å². The summed E-state index contributed by atoms with van der Waals surface area (Å²) < 4.78 is 61.7. The van der Waals surface area contributed by atoms with Gasteiger partial charge in [-0.15, -0.1) is 15.6 Å². The van der Waals surface area contributed by atoms with Crippen molar-refractivity contribution in [3.8, 4) is 0 Å². The van der Waals surface area contributed by atoms with Crippen molar-refractivity contribution in [3.63, 3.8) is 0 Å². The van der Waals surface area contributed by atoms with Gasteiger partial charge >= 0.3 is 6.09 Å². The first-order valence-corrected chi connectivity index (χ1v) is 13.2. The summed E-state index contributed by atoms with van der Waals surface area (Å²) in [5.74, 6) is -2.10. The highest BCUT2D eigenvalue weighted by molar-refractivity contribution is 7.93. The van der Waals surface area contributed by atoms with Crippen LogP contribution in [0.25, 0.3) is 0 Å². The first kappa shape index (κ1) is 27.5. The Bertz CT molecular complexity index is 1390. The summed E-state index contributed by atoms with van der Waals surface area (Å²) in [5.41, 5.74) is 0.584. The number of hydrogen-bond donors (Lipinski definition) is 1. The monoisotopic (exact) mass is 557 g/mol. The molecule has 1 atom stereocenters. The van der Waals surface area contributed by atoms with Gasteiger partial charge in [0, 0.05) is 16.5 Å². The molecule has 0 aliphatic heterocycles. The molecule has 3 rings (SSSR count). The average molecular weight is 558 g/mol. The molecule has 36 heavy (non-hydrogen) atoms. The van der Waals surface area contributed by atoms with Crippen LogP contribution in [0, 0.1) is 11.6 Å². The Morgan fingerprint density at radius 3 is 2.50 bits per heavy atom. The minimum atomic E-state index is -4.85. The van der Waals surface area contributed by atoms with E-state index in [1.54, 1.807) is 27.7 Å². The van der Waals surface area contributed by atoms with Gasteiger partial charge in [-0.2, -0.15) is 0 Å². The maximum atomic E-state index is 15.2. The Kier molecular flexibility index (Phi) is 8.01. The van der Waals surface area contributed by atoms with Crippen LogP contribution >= 0.6 is 22.9 Å². The Hall–Kier alpha value is -3.09. The van der Waals surface area contributed by atoms with E-state index >= 15 is 4.39 Å². The number of rotatable bonds is 7. The van der Waals surface area contributed by atoms with Crippen molar-refractivity contribution < 1.29 is 31.5 Å². The Balaban J connectivity index is 2.00. The van der Waals surface area contributed by atoms with Gasteiger partial charge in [0.05, 0.1) is 22.3 Å². The van der Waals surface area contributed by atoms with Crippen LogP contribution in [0.5, 0.6) is 0 Å². The van der Waals surface area contributed by atoms with Crippen molar-refractivity contribution in [2.24, 2.45) is 0 Å². The van der Waals surface area contributed by atoms with E-state index in [2.05, 4.69) is 10.3 Å². The number of aldehydes is 1. The van der Waals surface area contributed by atoms with Crippen LogP contribution in [0.3, 0.4) is 0 Å². The van der Waals surface area contributed by atoms with Gasteiger partial charge in [0.1, 0.15) is 28.4 Å². The SMILES string of the molecule is C[C@H](Nc1cc(F)c(S(=O)(=O)N(C(=O)OC(C)(C)C)c2cscn2)cc1Cl)c1cc(C=O)ccc1F. The molecular weight excluding hydrogens is 536 g/mol. The van der Waals surface area contributed by atoms with Crippen molar-refractivity contribution in [1.29, 1.82) is 0 Å². The largest absolute Gasteiger partial charge is 0.443 e. The van der Waals surface area contributed by atoms with Gasteiger partial charge in [0.15, 0.2) is 5.82 Å². The van der Waals surface area contributed by atoms with Crippen LogP contribution in [0.2, 0.25) is 5.02 Å². The number of thiazole rings is 1. The third-order valence-corrected chi connectivity index (χ3v) is 7.29. The van der Waals surface area contributed by atoms with Crippen molar-refractivity contribution >= 4 is 56.8 Å². The minimum absolute atomic E-state index is 0.0333. The van der Waals surface area contributed by atoms with Crippen molar-refractivity contribution in [3.05, 3.63) is 69.0 Å². The zero-order valence-corrected chi connectivity index (χ0v) is 22.0. The van der Waals surface area contributed by atoms with E-state index in [0.29, 0.717) is 6.29 Å². The zero-order chi connectivity index (χ0) is 26.8. The fraction of sp³-hybridized carbons (Fsp3) is 0.261. The predicted octanol–water partition coefficient (Wildman–Crippen LogP) is 6.19. The Morgan fingerprint density at radius 1 is 1.22 bits per heavy atom. The van der Waals surface area contributed by atoms with Crippen molar-refractivity contribution in [2.45, 2.75) is 44.2 Å². The molecule has 0 aliphatic carbocycles. The summed E-state index contributed by atoms with van der Waals surface area (Å²) in [6.45, 7) is 6.19. The fourth-order valence-electron chi connectivity index (χ4n) is 3.14. The van der Waals surface area contributed by atoms with Gasteiger partial charge in [-0.3, -0.25) is 4.79 Å². The predicted molar refractivity (Wildman–Crippen MR) is 133 cm³/mol. The topological polar surface area (TPSA) is 106 Å². The number of sulfonamides is 1. The number of nitrogens with zero attached hydrogens (tertiary/aromatic N) is 2. The molecule has 13 heteroatoms. The smallest absolute Gasteiger partial charge is 0.430 e. The molecule has 0 bridgehead atoms. The summed E-state index contributed by atoms with van der Waals surface area (Å²) in [4.78, 5) is 26.8. The molecule has 3 aromatic rings. The number of carbonyl (C=O) groups is 2. The summed E-state index contributed by atoms with van der Waals surface area (Å²) in [6.07, 6.45) is -0.717. The highest BCUT2D eigenvalue weighted by Gasteiger charge is 2.38. The van der Waals surface area contributed by atoms with Gasteiger partial charge in [-0.1, -0.05) is 11.6 Å². The fourth-order valence-corrected chi connectivity index (χ4v) is 5.35. The van der Waals surface area contributed by atoms with Gasteiger partial charge in [0.25, 0.3) is 10.0 Å². The third-order valence-electron chi connectivity index (χ3n) is 4.72. The molecule has 2 aromatic carbocycles. The molecule has 0 saturated carbocycles. The number of benzene rings is 2. The lowest BCUT2D eigenvalue weighted by molar-refractivity contribution is 0.0608. The molecule has 1 N–H and O–H groups in total. The molecule has 0 saturated heterocycles. The van der Waals surface area contributed by atoms with Crippen molar-refractivity contribution in [1.82, 2.24) is 4.98 Å². The molecular formula is C23H22ClF2N3O5S2. The van der Waals surface area contributed by atoms with Gasteiger partial charge in [0.2, 0.25) is 0 Å². The van der Waals surface area contributed by atoms with E-state index in [4.69, 9.17) is 16.3 Å². The molecule has 192 valence electrons. The second-order valence-corrected chi connectivity index (χ2v) is 11.5. The number of carbonyl (C=O) groups excluding carboxylic acids is 2. The van der Waals surface area contributed by atoms with Gasteiger partial charge in [-0.05, 0) is 58.0 Å². The molecule has 0 spiro atoms. The summed E-state index contributed by atoms with van der Waals surface area (Å²) in [6, 6.07) is 4.65. The standard InChI is InChI=1S/C23H22ClF2N3O5S2/c1-13(15-7-14(10-30)5-6-17(15)25)28-19-9-18(26)20(8-16(19)24)36(32,33)29(21-11-35-12-27-21)22(31)34-23(2,3)4/h5-13,28H,1-4H3/t13-/m0/s1. The summed E-state index contributed by atoms with van der Waals surface area (Å²) in [7, 11) is -4.85. The second-order valence-electron chi connectivity index (χ2n) is 8.62. The molecule has 0 unspecified atom stereocenters. The molecule has 0 aliphatic rings. The lowest BCUT2D eigenvalue weighted by Gasteiger charge is -2.26. The molecule has 8 nitrogen and oxygen atoms in total. The number of nitrogens with one attached hydrogen (secondary N) is 1. The maximum Gasteiger partial charge on any atom is 0.430 e. The molecule has 1 amide bonds. The minimum Gasteiger partial charge on any atom is -0.443 e. The van der Waals surface area contributed by atoms with Crippen LogP contribution < -0.4 is 9.62 Å². The third kappa shape index (κ3) is 6.00. The van der Waals surface area contributed by atoms with Crippen LogP contribution in [0.15, 0.2) is 46.1 Å². The summed E-state index contributed by atoms with van der Waals surface area (Å²) >= 11 is 7.29. The first-order valence-electron chi connectivity index (χ1n) is 10.4. The number of hydrogen-bond acceptors (Lipinski definition) is 8. The number of amides is 1. The maximum absolute atomic E-state index is 15.2. The summed E-state index contributed by atoms with van der Waals surface area (Å²) in [5, 5.41) is 3.89. The molecule has 1 aromatic heterocycles. The molecule has 0 fully saturated rings. The molecule has 0 radical (unpaired) electrons. The number of aromatic nitrogens is 1. The Morgan fingerprint density at radius 2 is 1.92 bits per heavy atom. The number of halogens is 3. The lowest BCUT2D eigenvalue weighted by atomic mass is 10.0. The van der Waals surface area contributed by atoms with E-state index in [1.165, 1.54) is 23.0 Å². The van der Waals surface area contributed by atoms with Crippen LogP contribution in [-0.4, -0.2) is 31.4 Å². The van der Waals surface area contributed by atoms with Crippen LogP contribution in [0.1, 0.15) is 49.7 Å². The van der Waals surface area contributed by atoms with Gasteiger partial charge in [-0.25, -0.2) is 27.0 Å². The highest BCUT2D eigenvalue weighted by atomic mass is 35.5. The van der Waals surface area contributed by atoms with Crippen LogP contribution in [0.4, 0.5) is 25.1 Å². The van der Waals surface area contributed by atoms with E-state index in [0.717, 1.165) is 29.5 Å². The van der Waals surface area contributed by atoms with E-state index < -0.39 is 44.3 Å².